The van der Waals surface area contributed by atoms with E-state index in [2.05, 4.69) is 0 Å². The van der Waals surface area contributed by atoms with Crippen molar-refractivity contribution in [1.29, 1.82) is 0 Å². The molecule has 0 saturated carbocycles. The second-order valence-electron chi connectivity index (χ2n) is 11.2. The zero-order valence-corrected chi connectivity index (χ0v) is 22.8. The van der Waals surface area contributed by atoms with E-state index in [-0.39, 0.29) is 17.1 Å². The van der Waals surface area contributed by atoms with E-state index in [0.717, 1.165) is 16.7 Å². The van der Waals surface area contributed by atoms with E-state index in [1.165, 1.54) is 0 Å². The first kappa shape index (κ1) is 26.1. The van der Waals surface area contributed by atoms with Gasteiger partial charge in [0, 0.05) is 5.92 Å². The number of hydrogen-bond acceptors (Lipinski definition) is 4. The Morgan fingerprint density at radius 3 is 1.89 bits per heavy atom. The van der Waals surface area contributed by atoms with Crippen LogP contribution in [-0.4, -0.2) is 10.2 Å². The molecular formula is C30H30Cl2O4. The van der Waals surface area contributed by atoms with Crippen molar-refractivity contribution in [2.24, 2.45) is 0 Å². The van der Waals surface area contributed by atoms with Crippen LogP contribution in [0.1, 0.15) is 75.3 Å². The van der Waals surface area contributed by atoms with Gasteiger partial charge in [0.2, 0.25) is 0 Å². The van der Waals surface area contributed by atoms with Crippen molar-refractivity contribution in [2.45, 2.75) is 58.3 Å². The van der Waals surface area contributed by atoms with Crippen LogP contribution in [0.25, 0.3) is 11.0 Å². The summed E-state index contributed by atoms with van der Waals surface area (Å²) in [5.41, 5.74) is 1.82. The number of hydrogen-bond donors (Lipinski definition) is 2. The minimum absolute atomic E-state index is 0.0949. The van der Waals surface area contributed by atoms with Gasteiger partial charge >= 0.3 is 5.63 Å². The molecule has 4 nitrogen and oxygen atoms in total. The standard InChI is InChI=1S/C30H30Cl2O4/c1-29(2,3)19-13-17(14-20(27(19)34)30(4,5)6)24(16-11-12-21(31)22(32)15-16)25-26(33)18-9-7-8-10-23(18)36-28(25)35/h7-15,24,33-34H,1-6H3. The van der Waals surface area contributed by atoms with Crippen LogP contribution in [0.3, 0.4) is 0 Å². The Morgan fingerprint density at radius 2 is 1.33 bits per heavy atom. The molecule has 6 heteroatoms. The fourth-order valence-electron chi connectivity index (χ4n) is 4.59. The van der Waals surface area contributed by atoms with Crippen molar-refractivity contribution in [1.82, 2.24) is 0 Å². The second kappa shape index (κ2) is 9.17. The molecule has 0 saturated heterocycles. The summed E-state index contributed by atoms with van der Waals surface area (Å²) in [6, 6.07) is 15.8. The highest BCUT2D eigenvalue weighted by molar-refractivity contribution is 6.42. The first-order valence-electron chi connectivity index (χ1n) is 11.8. The number of rotatable bonds is 3. The van der Waals surface area contributed by atoms with E-state index in [4.69, 9.17) is 27.6 Å². The molecule has 0 aliphatic heterocycles. The van der Waals surface area contributed by atoms with Gasteiger partial charge in [-0.25, -0.2) is 4.79 Å². The molecule has 0 aliphatic carbocycles. The monoisotopic (exact) mass is 524 g/mol. The molecule has 0 fully saturated rings. The lowest BCUT2D eigenvalue weighted by molar-refractivity contribution is 0.422. The van der Waals surface area contributed by atoms with Crippen LogP contribution in [0.5, 0.6) is 11.5 Å². The van der Waals surface area contributed by atoms with Crippen LogP contribution in [0.2, 0.25) is 10.0 Å². The summed E-state index contributed by atoms with van der Waals surface area (Å²) in [6.07, 6.45) is 0. The van der Waals surface area contributed by atoms with Gasteiger partial charge in [0.05, 0.1) is 21.0 Å². The fraction of sp³-hybridized carbons (Fsp3) is 0.300. The number of benzene rings is 3. The Bertz CT molecular complexity index is 1490. The van der Waals surface area contributed by atoms with Crippen molar-refractivity contribution in [3.8, 4) is 11.5 Å². The van der Waals surface area contributed by atoms with Gasteiger partial charge in [-0.2, -0.15) is 0 Å². The highest BCUT2D eigenvalue weighted by Crippen LogP contribution is 2.45. The molecule has 4 aromatic rings. The molecule has 1 unspecified atom stereocenters. The van der Waals surface area contributed by atoms with Gasteiger partial charge in [-0.1, -0.05) is 95.1 Å². The lowest BCUT2D eigenvalue weighted by atomic mass is 9.75. The lowest BCUT2D eigenvalue weighted by Crippen LogP contribution is -2.21. The first-order valence-corrected chi connectivity index (χ1v) is 12.5. The third-order valence-corrected chi connectivity index (χ3v) is 7.21. The van der Waals surface area contributed by atoms with E-state index < -0.39 is 22.4 Å². The Morgan fingerprint density at radius 1 is 0.750 bits per heavy atom. The molecule has 0 radical (unpaired) electrons. The number of phenols is 1. The quantitative estimate of drug-likeness (QED) is 0.264. The maximum atomic E-state index is 13.4. The molecule has 3 aromatic carbocycles. The number of halogens is 2. The van der Waals surface area contributed by atoms with Crippen molar-refractivity contribution < 1.29 is 14.6 Å². The molecule has 0 bridgehead atoms. The van der Waals surface area contributed by atoms with Crippen molar-refractivity contribution in [3.05, 3.63) is 103 Å². The summed E-state index contributed by atoms with van der Waals surface area (Å²) >= 11 is 12.6. The molecule has 1 heterocycles. The predicted octanol–water partition coefficient (Wildman–Crippen LogP) is 8.29. The third kappa shape index (κ3) is 4.72. The van der Waals surface area contributed by atoms with Gasteiger partial charge in [-0.15, -0.1) is 0 Å². The Hall–Kier alpha value is -2.95. The van der Waals surface area contributed by atoms with Crippen LogP contribution in [0.4, 0.5) is 0 Å². The Kier molecular flexibility index (Phi) is 6.65. The fourth-order valence-corrected chi connectivity index (χ4v) is 4.89. The van der Waals surface area contributed by atoms with Gasteiger partial charge in [-0.3, -0.25) is 0 Å². The smallest absolute Gasteiger partial charge is 0.344 e. The van der Waals surface area contributed by atoms with Crippen LogP contribution >= 0.6 is 23.2 Å². The average Bonchev–Trinajstić information content (AvgIpc) is 2.77. The number of fused-ring (bicyclic) bond motifs is 1. The van der Waals surface area contributed by atoms with Gasteiger partial charge in [-0.05, 0) is 57.3 Å². The highest BCUT2D eigenvalue weighted by Gasteiger charge is 2.32. The van der Waals surface area contributed by atoms with E-state index in [1.807, 2.05) is 53.7 Å². The summed E-state index contributed by atoms with van der Waals surface area (Å²) in [6.45, 7) is 12.1. The zero-order valence-electron chi connectivity index (χ0n) is 21.2. The summed E-state index contributed by atoms with van der Waals surface area (Å²) < 4.78 is 5.65. The van der Waals surface area contributed by atoms with Crippen LogP contribution < -0.4 is 5.63 Å². The third-order valence-electron chi connectivity index (χ3n) is 6.47. The molecule has 188 valence electrons. The SMILES string of the molecule is CC(C)(C)c1cc(C(c2ccc(Cl)c(Cl)c2)c2c(O)c3ccccc3oc2=O)cc(C(C)(C)C)c1O. The van der Waals surface area contributed by atoms with Gasteiger partial charge in [0.15, 0.2) is 0 Å². The molecule has 2 N–H and O–H groups in total. The molecule has 0 aliphatic rings. The van der Waals surface area contributed by atoms with Gasteiger partial charge < -0.3 is 14.6 Å². The number of phenolic OH excluding ortho intramolecular Hbond substituents is 1. The molecule has 0 amide bonds. The minimum Gasteiger partial charge on any atom is -0.507 e. The van der Waals surface area contributed by atoms with Crippen LogP contribution in [0, 0.1) is 0 Å². The summed E-state index contributed by atoms with van der Waals surface area (Å²) in [4.78, 5) is 13.4. The maximum absolute atomic E-state index is 13.4. The Balaban J connectivity index is 2.15. The average molecular weight is 525 g/mol. The van der Waals surface area contributed by atoms with Gasteiger partial charge in [0.25, 0.3) is 0 Å². The molecule has 36 heavy (non-hydrogen) atoms. The van der Waals surface area contributed by atoms with E-state index >= 15 is 0 Å². The zero-order chi connectivity index (χ0) is 26.6. The van der Waals surface area contributed by atoms with Crippen LogP contribution in [-0.2, 0) is 10.8 Å². The largest absolute Gasteiger partial charge is 0.507 e. The van der Waals surface area contributed by atoms with Crippen molar-refractivity contribution in [3.63, 3.8) is 0 Å². The lowest BCUT2D eigenvalue weighted by Gasteiger charge is -2.30. The van der Waals surface area contributed by atoms with Crippen molar-refractivity contribution in [2.75, 3.05) is 0 Å². The predicted molar refractivity (Wildman–Crippen MR) is 147 cm³/mol. The van der Waals surface area contributed by atoms with E-state index in [0.29, 0.717) is 26.6 Å². The normalized spacial score (nSPS) is 13.2. The Labute approximate surface area is 221 Å². The van der Waals surface area contributed by atoms with E-state index in [9.17, 15) is 15.0 Å². The van der Waals surface area contributed by atoms with Gasteiger partial charge in [0.1, 0.15) is 17.1 Å². The maximum Gasteiger partial charge on any atom is 0.344 e. The molecule has 1 atom stereocenters. The molecule has 4 rings (SSSR count). The van der Waals surface area contributed by atoms with Crippen molar-refractivity contribution >= 4 is 34.2 Å². The highest BCUT2D eigenvalue weighted by atomic mass is 35.5. The summed E-state index contributed by atoms with van der Waals surface area (Å²) in [5, 5.41) is 23.8. The topological polar surface area (TPSA) is 70.7 Å². The molecular weight excluding hydrogens is 495 g/mol. The molecule has 0 spiro atoms. The summed E-state index contributed by atoms with van der Waals surface area (Å²) in [7, 11) is 0. The summed E-state index contributed by atoms with van der Waals surface area (Å²) in [5.74, 6) is -0.662. The minimum atomic E-state index is -0.733. The first-order chi connectivity index (χ1) is 16.7. The van der Waals surface area contributed by atoms with E-state index in [1.54, 1.807) is 42.5 Å². The number of para-hydroxylation sites is 1. The molecule has 1 aromatic heterocycles. The second-order valence-corrected chi connectivity index (χ2v) is 12.0. The number of aromatic hydroxyl groups is 2. The van der Waals surface area contributed by atoms with Crippen LogP contribution in [0.15, 0.2) is 63.8 Å².